The number of ether oxygens (including phenoxy) is 1. The number of anilines is 1. The van der Waals surface area contributed by atoms with Crippen molar-refractivity contribution in [2.75, 3.05) is 25.6 Å². The van der Waals surface area contributed by atoms with Gasteiger partial charge in [-0.1, -0.05) is 0 Å². The number of benzene rings is 1. The van der Waals surface area contributed by atoms with Gasteiger partial charge in [0.15, 0.2) is 0 Å². The highest BCUT2D eigenvalue weighted by atomic mass is 79.9. The summed E-state index contributed by atoms with van der Waals surface area (Å²) in [6, 6.07) is 2.22. The Labute approximate surface area is 123 Å². The van der Waals surface area contributed by atoms with Crippen LogP contribution in [0.1, 0.15) is 5.69 Å². The molecule has 2 aromatic rings. The van der Waals surface area contributed by atoms with Crippen molar-refractivity contribution in [1.29, 1.82) is 0 Å². The van der Waals surface area contributed by atoms with Crippen LogP contribution in [0.3, 0.4) is 0 Å². The molecule has 0 saturated heterocycles. The van der Waals surface area contributed by atoms with E-state index in [4.69, 9.17) is 4.74 Å². The van der Waals surface area contributed by atoms with Crippen LogP contribution in [0.25, 0.3) is 5.69 Å². The monoisotopic (exact) mass is 345 g/mol. The first kappa shape index (κ1) is 14.9. The highest BCUT2D eigenvalue weighted by Crippen LogP contribution is 2.25. The summed E-state index contributed by atoms with van der Waals surface area (Å²) in [6.07, 6.45) is 1.68. The molecule has 0 radical (unpaired) electrons. The summed E-state index contributed by atoms with van der Waals surface area (Å²) in [5.41, 5.74) is 0.948. The third-order valence-corrected chi connectivity index (χ3v) is 3.27. The lowest BCUT2D eigenvalue weighted by atomic mass is 10.3. The molecule has 0 amide bonds. The number of aryl methyl sites for hydroxylation is 1. The van der Waals surface area contributed by atoms with Crippen molar-refractivity contribution in [1.82, 2.24) is 9.55 Å². The van der Waals surface area contributed by atoms with Gasteiger partial charge in [-0.05, 0) is 28.9 Å². The number of nitrogens with zero attached hydrogens (tertiary/aromatic N) is 2. The average molecular weight is 346 g/mol. The molecule has 0 saturated carbocycles. The average Bonchev–Trinajstić information content (AvgIpc) is 2.75. The van der Waals surface area contributed by atoms with Crippen molar-refractivity contribution >= 4 is 21.9 Å². The molecular weight excluding hydrogens is 332 g/mol. The van der Waals surface area contributed by atoms with Gasteiger partial charge in [-0.15, -0.1) is 0 Å². The topological polar surface area (TPSA) is 39.1 Å². The molecule has 20 heavy (non-hydrogen) atoms. The lowest BCUT2D eigenvalue weighted by Gasteiger charge is -2.11. The Morgan fingerprint density at radius 2 is 2.10 bits per heavy atom. The summed E-state index contributed by atoms with van der Waals surface area (Å²) in [4.78, 5) is 4.27. The molecule has 1 N–H and O–H groups in total. The van der Waals surface area contributed by atoms with Crippen molar-refractivity contribution in [3.63, 3.8) is 0 Å². The van der Waals surface area contributed by atoms with E-state index in [1.54, 1.807) is 24.8 Å². The molecule has 0 bridgehead atoms. The van der Waals surface area contributed by atoms with E-state index in [1.165, 1.54) is 6.07 Å². The van der Waals surface area contributed by atoms with Gasteiger partial charge in [0.25, 0.3) is 0 Å². The van der Waals surface area contributed by atoms with Gasteiger partial charge in [-0.2, -0.15) is 0 Å². The molecule has 7 heteroatoms. The van der Waals surface area contributed by atoms with Gasteiger partial charge in [-0.3, -0.25) is 4.57 Å². The van der Waals surface area contributed by atoms with Crippen LogP contribution in [0.4, 0.5) is 14.7 Å². The fourth-order valence-electron chi connectivity index (χ4n) is 1.77. The zero-order chi connectivity index (χ0) is 14.7. The van der Waals surface area contributed by atoms with E-state index in [1.807, 2.05) is 0 Å². The second-order valence-electron chi connectivity index (χ2n) is 4.21. The predicted octanol–water partition coefficient (Wildman–Crippen LogP) is 3.28. The Morgan fingerprint density at radius 1 is 1.35 bits per heavy atom. The normalized spacial score (nSPS) is 10.8. The number of aromatic nitrogens is 2. The molecule has 1 aromatic carbocycles. The van der Waals surface area contributed by atoms with Crippen LogP contribution >= 0.6 is 15.9 Å². The van der Waals surface area contributed by atoms with Crippen LogP contribution in [0.2, 0.25) is 0 Å². The lowest BCUT2D eigenvalue weighted by molar-refractivity contribution is 0.210. The zero-order valence-electron chi connectivity index (χ0n) is 11.1. The quantitative estimate of drug-likeness (QED) is 0.667. The molecule has 2 rings (SSSR count). The van der Waals surface area contributed by atoms with Crippen LogP contribution in [-0.2, 0) is 4.74 Å². The lowest BCUT2D eigenvalue weighted by Crippen LogP contribution is -2.12. The predicted molar refractivity (Wildman–Crippen MR) is 76.3 cm³/mol. The minimum absolute atomic E-state index is 0.197. The number of rotatable bonds is 5. The highest BCUT2D eigenvalue weighted by molar-refractivity contribution is 9.10. The smallest absolute Gasteiger partial charge is 0.207 e. The molecule has 0 atom stereocenters. The summed E-state index contributed by atoms with van der Waals surface area (Å²) in [5, 5.41) is 3.05. The summed E-state index contributed by atoms with van der Waals surface area (Å²) in [5.74, 6) is -0.813. The van der Waals surface area contributed by atoms with E-state index in [2.05, 4.69) is 26.2 Å². The van der Waals surface area contributed by atoms with Gasteiger partial charge in [-0.25, -0.2) is 13.8 Å². The fourth-order valence-corrected chi connectivity index (χ4v) is 2.10. The Kier molecular flexibility index (Phi) is 4.72. The van der Waals surface area contributed by atoms with Crippen LogP contribution in [-0.4, -0.2) is 29.8 Å². The molecule has 0 aliphatic carbocycles. The van der Waals surface area contributed by atoms with E-state index >= 15 is 0 Å². The third-order valence-electron chi connectivity index (χ3n) is 2.66. The first-order valence-corrected chi connectivity index (χ1v) is 6.76. The highest BCUT2D eigenvalue weighted by Gasteiger charge is 2.14. The molecule has 4 nitrogen and oxygen atoms in total. The van der Waals surface area contributed by atoms with Crippen LogP contribution in [0.15, 0.2) is 22.8 Å². The van der Waals surface area contributed by atoms with E-state index in [0.29, 0.717) is 19.1 Å². The third kappa shape index (κ3) is 3.16. The van der Waals surface area contributed by atoms with Crippen molar-refractivity contribution in [2.45, 2.75) is 6.92 Å². The van der Waals surface area contributed by atoms with Gasteiger partial charge >= 0.3 is 0 Å². The maximum atomic E-state index is 13.9. The second kappa shape index (κ2) is 6.32. The summed E-state index contributed by atoms with van der Waals surface area (Å²) in [7, 11) is 1.59. The molecule has 1 aromatic heterocycles. The Morgan fingerprint density at radius 3 is 2.80 bits per heavy atom. The van der Waals surface area contributed by atoms with Crippen LogP contribution < -0.4 is 5.32 Å². The van der Waals surface area contributed by atoms with Crippen molar-refractivity contribution in [2.24, 2.45) is 0 Å². The minimum atomic E-state index is -0.655. The van der Waals surface area contributed by atoms with Gasteiger partial charge in [0.05, 0.1) is 22.5 Å². The molecule has 1 heterocycles. The maximum absolute atomic E-state index is 13.9. The van der Waals surface area contributed by atoms with Crippen molar-refractivity contribution < 1.29 is 13.5 Å². The van der Waals surface area contributed by atoms with Gasteiger partial charge in [0.1, 0.15) is 11.6 Å². The summed E-state index contributed by atoms with van der Waals surface area (Å²) < 4.78 is 33.9. The van der Waals surface area contributed by atoms with Crippen LogP contribution in [0, 0.1) is 18.6 Å². The van der Waals surface area contributed by atoms with Crippen molar-refractivity contribution in [3.8, 4) is 5.69 Å². The number of hydrogen-bond donors (Lipinski definition) is 1. The maximum Gasteiger partial charge on any atom is 0.207 e. The molecule has 0 spiro atoms. The second-order valence-corrected chi connectivity index (χ2v) is 5.07. The first-order valence-electron chi connectivity index (χ1n) is 5.96. The van der Waals surface area contributed by atoms with Gasteiger partial charge < -0.3 is 10.1 Å². The molecular formula is C13H14BrF2N3O. The number of nitrogens with one attached hydrogen (secondary N) is 1. The molecule has 108 valence electrons. The SMILES string of the molecule is COCCNc1nc(C)cn1-c1cc(Br)c(F)cc1F. The Balaban J connectivity index is 2.39. The molecule has 0 unspecified atom stereocenters. The summed E-state index contributed by atoms with van der Waals surface area (Å²) in [6.45, 7) is 2.84. The number of hydrogen-bond acceptors (Lipinski definition) is 3. The number of imidazole rings is 1. The Bertz CT molecular complexity index is 616. The fraction of sp³-hybridized carbons (Fsp3) is 0.308. The van der Waals surface area contributed by atoms with E-state index in [-0.39, 0.29) is 10.2 Å². The van der Waals surface area contributed by atoms with E-state index in [0.717, 1.165) is 11.8 Å². The zero-order valence-corrected chi connectivity index (χ0v) is 12.7. The largest absolute Gasteiger partial charge is 0.383 e. The molecule has 0 aliphatic heterocycles. The molecule has 0 aliphatic rings. The number of halogens is 3. The van der Waals surface area contributed by atoms with Crippen LogP contribution in [0.5, 0.6) is 0 Å². The van der Waals surface area contributed by atoms with E-state index in [9.17, 15) is 8.78 Å². The summed E-state index contributed by atoms with van der Waals surface area (Å²) >= 11 is 3.06. The standard InChI is InChI=1S/C13H14BrF2N3O/c1-8-7-19(13(18-8)17-3-4-20-2)12-5-9(14)10(15)6-11(12)16/h5-7H,3-4H2,1-2H3,(H,17,18). The minimum Gasteiger partial charge on any atom is -0.383 e. The van der Waals surface area contributed by atoms with Gasteiger partial charge in [0.2, 0.25) is 5.95 Å². The first-order chi connectivity index (χ1) is 9.52. The van der Waals surface area contributed by atoms with E-state index < -0.39 is 11.6 Å². The van der Waals surface area contributed by atoms with Crippen molar-refractivity contribution in [3.05, 3.63) is 40.1 Å². The molecule has 0 fully saturated rings. The Hall–Kier alpha value is -1.47. The number of methoxy groups -OCH3 is 1. The van der Waals surface area contributed by atoms with Gasteiger partial charge in [0, 0.05) is 25.9 Å².